The molecule has 0 saturated heterocycles. The summed E-state index contributed by atoms with van der Waals surface area (Å²) >= 11 is 13.7. The number of anilines is 1. The number of carbonyl (C=O) groups excluding carboxylic acids is 1. The standard InChI is InChI=1S/C22H22Cl2N2O2S/c1-4-20(28-17-8-13(2)7-14(3)9-17)21(27)26-22-25-12-18(29-22)11-15-10-16(23)5-6-19(15)24/h5-10,12,20H,4,11H2,1-3H3,(H,25,26,27). The number of rotatable bonds is 7. The molecule has 1 unspecified atom stereocenters. The summed E-state index contributed by atoms with van der Waals surface area (Å²) in [6, 6.07) is 11.3. The molecule has 0 bridgehead atoms. The molecule has 2 aromatic carbocycles. The fourth-order valence-corrected chi connectivity index (χ4v) is 4.20. The highest BCUT2D eigenvalue weighted by molar-refractivity contribution is 7.15. The molecule has 1 aromatic heterocycles. The predicted octanol–water partition coefficient (Wildman–Crippen LogP) is 6.45. The summed E-state index contributed by atoms with van der Waals surface area (Å²) in [7, 11) is 0. The lowest BCUT2D eigenvalue weighted by Gasteiger charge is -2.17. The van der Waals surface area contributed by atoms with Crippen molar-refractivity contribution >= 4 is 45.6 Å². The van der Waals surface area contributed by atoms with Crippen LogP contribution in [0.5, 0.6) is 5.75 Å². The van der Waals surface area contributed by atoms with Crippen LogP contribution in [0.3, 0.4) is 0 Å². The first-order chi connectivity index (χ1) is 13.8. The maximum Gasteiger partial charge on any atom is 0.267 e. The van der Waals surface area contributed by atoms with Crippen LogP contribution in [-0.2, 0) is 11.2 Å². The first-order valence-corrected chi connectivity index (χ1v) is 10.9. The van der Waals surface area contributed by atoms with Gasteiger partial charge in [-0.15, -0.1) is 11.3 Å². The minimum absolute atomic E-state index is 0.214. The highest BCUT2D eigenvalue weighted by Crippen LogP contribution is 2.27. The Morgan fingerprint density at radius 3 is 2.59 bits per heavy atom. The summed E-state index contributed by atoms with van der Waals surface area (Å²) in [6.07, 6.45) is 2.30. The van der Waals surface area contributed by atoms with Crippen LogP contribution in [0.15, 0.2) is 42.6 Å². The number of nitrogens with zero attached hydrogens (tertiary/aromatic N) is 1. The number of amides is 1. The first-order valence-electron chi connectivity index (χ1n) is 9.28. The number of aromatic nitrogens is 1. The van der Waals surface area contributed by atoms with Crippen molar-refractivity contribution in [2.24, 2.45) is 0 Å². The van der Waals surface area contributed by atoms with E-state index in [2.05, 4.69) is 16.4 Å². The third-order valence-corrected chi connectivity index (χ3v) is 5.81. The Hall–Kier alpha value is -2.08. The average molecular weight is 449 g/mol. The molecule has 0 radical (unpaired) electrons. The van der Waals surface area contributed by atoms with Gasteiger partial charge in [-0.2, -0.15) is 0 Å². The Kier molecular flexibility index (Phi) is 7.17. The van der Waals surface area contributed by atoms with Crippen molar-refractivity contribution in [2.45, 2.75) is 39.7 Å². The number of ether oxygens (including phenoxy) is 1. The van der Waals surface area contributed by atoms with E-state index in [-0.39, 0.29) is 5.91 Å². The summed E-state index contributed by atoms with van der Waals surface area (Å²) in [6.45, 7) is 5.93. The van der Waals surface area contributed by atoms with Crippen molar-refractivity contribution in [3.8, 4) is 5.75 Å². The third-order valence-electron chi connectivity index (χ3n) is 4.29. The Bertz CT molecular complexity index is 1000. The van der Waals surface area contributed by atoms with E-state index in [1.165, 1.54) is 11.3 Å². The number of benzene rings is 2. The smallest absolute Gasteiger partial charge is 0.267 e. The summed E-state index contributed by atoms with van der Waals surface area (Å²) in [4.78, 5) is 18.0. The average Bonchev–Trinajstić information content (AvgIpc) is 3.08. The van der Waals surface area contributed by atoms with Gasteiger partial charge in [0.25, 0.3) is 5.91 Å². The van der Waals surface area contributed by atoms with E-state index in [9.17, 15) is 4.79 Å². The van der Waals surface area contributed by atoms with Gasteiger partial charge in [0, 0.05) is 27.5 Å². The molecular weight excluding hydrogens is 427 g/mol. The number of hydrogen-bond donors (Lipinski definition) is 1. The van der Waals surface area contributed by atoms with E-state index in [1.54, 1.807) is 18.3 Å². The number of thiazole rings is 1. The van der Waals surface area contributed by atoms with Crippen LogP contribution in [0, 0.1) is 13.8 Å². The van der Waals surface area contributed by atoms with Gasteiger partial charge in [0.15, 0.2) is 11.2 Å². The highest BCUT2D eigenvalue weighted by Gasteiger charge is 2.20. The van der Waals surface area contributed by atoms with Gasteiger partial charge in [0.1, 0.15) is 5.75 Å². The van der Waals surface area contributed by atoms with Gasteiger partial charge >= 0.3 is 0 Å². The van der Waals surface area contributed by atoms with Gasteiger partial charge < -0.3 is 4.74 Å². The Balaban J connectivity index is 1.66. The van der Waals surface area contributed by atoms with Crippen LogP contribution < -0.4 is 10.1 Å². The fourth-order valence-electron chi connectivity index (χ4n) is 2.99. The molecule has 3 rings (SSSR count). The quantitative estimate of drug-likeness (QED) is 0.451. The second kappa shape index (κ2) is 9.61. The molecule has 0 saturated carbocycles. The highest BCUT2D eigenvalue weighted by atomic mass is 35.5. The SMILES string of the molecule is CCC(Oc1cc(C)cc(C)c1)C(=O)Nc1ncc(Cc2cc(Cl)ccc2Cl)s1. The van der Waals surface area contributed by atoms with Crippen molar-refractivity contribution in [3.63, 3.8) is 0 Å². The summed E-state index contributed by atoms with van der Waals surface area (Å²) in [5, 5.41) is 4.68. The van der Waals surface area contributed by atoms with E-state index in [1.807, 2.05) is 39.0 Å². The van der Waals surface area contributed by atoms with Gasteiger partial charge in [0.05, 0.1) is 0 Å². The molecule has 0 spiro atoms. The molecule has 7 heteroatoms. The molecule has 152 valence electrons. The second-order valence-electron chi connectivity index (χ2n) is 6.87. The van der Waals surface area contributed by atoms with Crippen LogP contribution in [0.1, 0.15) is 34.9 Å². The summed E-state index contributed by atoms with van der Waals surface area (Å²) in [5.74, 6) is 0.480. The summed E-state index contributed by atoms with van der Waals surface area (Å²) < 4.78 is 5.92. The van der Waals surface area contributed by atoms with Crippen molar-refractivity contribution in [1.82, 2.24) is 4.98 Å². The minimum Gasteiger partial charge on any atom is -0.481 e. The van der Waals surface area contributed by atoms with Crippen molar-refractivity contribution in [3.05, 3.63) is 74.2 Å². The number of nitrogens with one attached hydrogen (secondary N) is 1. The molecule has 0 fully saturated rings. The monoisotopic (exact) mass is 448 g/mol. The normalized spacial score (nSPS) is 11.9. The van der Waals surface area contributed by atoms with Crippen molar-refractivity contribution < 1.29 is 9.53 Å². The predicted molar refractivity (Wildman–Crippen MR) is 121 cm³/mol. The van der Waals surface area contributed by atoms with E-state index < -0.39 is 6.10 Å². The zero-order chi connectivity index (χ0) is 21.0. The molecule has 1 atom stereocenters. The van der Waals surface area contributed by atoms with E-state index >= 15 is 0 Å². The lowest BCUT2D eigenvalue weighted by Crippen LogP contribution is -2.32. The molecule has 3 aromatic rings. The van der Waals surface area contributed by atoms with Gasteiger partial charge in [-0.1, -0.05) is 36.2 Å². The first kappa shape index (κ1) is 21.6. The molecule has 0 aliphatic rings. The lowest BCUT2D eigenvalue weighted by atomic mass is 10.1. The van der Waals surface area contributed by atoms with E-state index in [0.29, 0.717) is 33.8 Å². The van der Waals surface area contributed by atoms with Gasteiger partial charge in [-0.3, -0.25) is 10.1 Å². The number of halogens is 2. The van der Waals surface area contributed by atoms with E-state index in [4.69, 9.17) is 27.9 Å². The Labute approximate surface area is 184 Å². The van der Waals surface area contributed by atoms with Crippen LogP contribution in [-0.4, -0.2) is 17.0 Å². The van der Waals surface area contributed by atoms with Crippen LogP contribution in [0.25, 0.3) is 0 Å². The number of aryl methyl sites for hydroxylation is 2. The molecule has 0 aliphatic carbocycles. The maximum atomic E-state index is 12.7. The van der Waals surface area contributed by atoms with Crippen LogP contribution >= 0.6 is 34.5 Å². The molecule has 29 heavy (non-hydrogen) atoms. The fraction of sp³-hybridized carbons (Fsp3) is 0.273. The number of carbonyl (C=O) groups is 1. The molecular formula is C22H22Cl2N2O2S. The van der Waals surface area contributed by atoms with Crippen molar-refractivity contribution in [1.29, 1.82) is 0 Å². The van der Waals surface area contributed by atoms with E-state index in [0.717, 1.165) is 21.6 Å². The summed E-state index contributed by atoms with van der Waals surface area (Å²) in [5.41, 5.74) is 3.12. The molecule has 1 N–H and O–H groups in total. The molecule has 4 nitrogen and oxygen atoms in total. The lowest BCUT2D eigenvalue weighted by molar-refractivity contribution is -0.122. The molecule has 1 heterocycles. The second-order valence-corrected chi connectivity index (χ2v) is 8.83. The topological polar surface area (TPSA) is 51.2 Å². The van der Waals surface area contributed by atoms with Crippen LogP contribution in [0.2, 0.25) is 10.0 Å². The third kappa shape index (κ3) is 5.95. The molecule has 1 amide bonds. The van der Waals surface area contributed by atoms with Gasteiger partial charge in [-0.05, 0) is 67.3 Å². The van der Waals surface area contributed by atoms with Gasteiger partial charge in [0.2, 0.25) is 0 Å². The van der Waals surface area contributed by atoms with Crippen molar-refractivity contribution in [2.75, 3.05) is 5.32 Å². The van der Waals surface area contributed by atoms with Crippen LogP contribution in [0.4, 0.5) is 5.13 Å². The van der Waals surface area contributed by atoms with Gasteiger partial charge in [-0.25, -0.2) is 4.98 Å². The Morgan fingerprint density at radius 2 is 1.90 bits per heavy atom. The minimum atomic E-state index is -0.592. The number of hydrogen-bond acceptors (Lipinski definition) is 4. The maximum absolute atomic E-state index is 12.7. The molecule has 0 aliphatic heterocycles. The largest absolute Gasteiger partial charge is 0.481 e. The Morgan fingerprint density at radius 1 is 1.17 bits per heavy atom. The zero-order valence-electron chi connectivity index (χ0n) is 16.5. The zero-order valence-corrected chi connectivity index (χ0v) is 18.8.